The summed E-state index contributed by atoms with van der Waals surface area (Å²) in [5.74, 6) is 1.50. The van der Waals surface area contributed by atoms with Crippen molar-refractivity contribution in [2.24, 2.45) is 5.92 Å². The zero-order valence-electron chi connectivity index (χ0n) is 12.9. The van der Waals surface area contributed by atoms with E-state index >= 15 is 0 Å². The van der Waals surface area contributed by atoms with E-state index in [1.54, 1.807) is 6.08 Å². The van der Waals surface area contributed by atoms with E-state index < -0.39 is 0 Å². The largest absolute Gasteiger partial charge is 0.193 e. The maximum Gasteiger partial charge on any atom is 0.0991 e. The molecular formula is C20H22N2. The molecule has 1 fully saturated rings. The molecule has 0 unspecified atom stereocenters. The molecule has 0 aromatic heterocycles. The number of hydrogen-bond donors (Lipinski definition) is 0. The van der Waals surface area contributed by atoms with E-state index in [-0.39, 0.29) is 0 Å². The van der Waals surface area contributed by atoms with Crippen molar-refractivity contribution in [3.63, 3.8) is 0 Å². The molecule has 22 heavy (non-hydrogen) atoms. The Labute approximate surface area is 133 Å². The minimum Gasteiger partial charge on any atom is -0.193 e. The molecule has 112 valence electrons. The lowest BCUT2D eigenvalue weighted by Gasteiger charge is -2.28. The van der Waals surface area contributed by atoms with Crippen LogP contribution in [-0.2, 0) is 0 Å². The van der Waals surface area contributed by atoms with Crippen molar-refractivity contribution in [3.8, 4) is 12.1 Å². The Hall–Kier alpha value is -2.32. The number of allylic oxidation sites excluding steroid dienone is 4. The molecule has 2 rings (SSSR count). The summed E-state index contributed by atoms with van der Waals surface area (Å²) < 4.78 is 0. The minimum absolute atomic E-state index is 0.665. The summed E-state index contributed by atoms with van der Waals surface area (Å²) in [4.78, 5) is 0. The van der Waals surface area contributed by atoms with Crippen molar-refractivity contribution in [2.45, 2.75) is 44.4 Å². The van der Waals surface area contributed by atoms with E-state index in [0.717, 1.165) is 17.9 Å². The lowest BCUT2D eigenvalue weighted by Crippen LogP contribution is -2.13. The fraction of sp³-hybridized carbons (Fsp3) is 0.400. The highest BCUT2D eigenvalue weighted by Crippen LogP contribution is 2.37. The predicted molar refractivity (Wildman–Crippen MR) is 89.0 cm³/mol. The van der Waals surface area contributed by atoms with Crippen LogP contribution in [0.2, 0.25) is 0 Å². The van der Waals surface area contributed by atoms with E-state index in [1.807, 2.05) is 24.3 Å². The zero-order chi connectivity index (χ0) is 15.6. The molecule has 0 N–H and O–H groups in total. The molecule has 1 saturated carbocycles. The third kappa shape index (κ3) is 4.90. The molecule has 0 heterocycles. The molecule has 0 bridgehead atoms. The molecule has 2 heteroatoms. The van der Waals surface area contributed by atoms with Crippen LogP contribution >= 0.6 is 0 Å². The third-order valence-electron chi connectivity index (χ3n) is 4.52. The second kappa shape index (κ2) is 8.85. The molecule has 0 spiro atoms. The molecule has 0 amide bonds. The van der Waals surface area contributed by atoms with E-state index in [2.05, 4.69) is 24.3 Å². The summed E-state index contributed by atoms with van der Waals surface area (Å²) >= 11 is 0. The van der Waals surface area contributed by atoms with Crippen molar-refractivity contribution >= 4 is 0 Å². The Bertz CT molecular complexity index is 588. The van der Waals surface area contributed by atoms with Gasteiger partial charge in [-0.05, 0) is 68.1 Å². The van der Waals surface area contributed by atoms with E-state index in [1.165, 1.54) is 43.7 Å². The van der Waals surface area contributed by atoms with Gasteiger partial charge in [-0.2, -0.15) is 10.5 Å². The van der Waals surface area contributed by atoms with Gasteiger partial charge in [0.2, 0.25) is 0 Å². The van der Waals surface area contributed by atoms with Crippen LogP contribution in [0.25, 0.3) is 0 Å². The second-order valence-electron chi connectivity index (χ2n) is 5.95. The van der Waals surface area contributed by atoms with Gasteiger partial charge >= 0.3 is 0 Å². The van der Waals surface area contributed by atoms with E-state index in [9.17, 15) is 0 Å². The van der Waals surface area contributed by atoms with Crippen LogP contribution in [0.4, 0.5) is 0 Å². The normalized spacial score (nSPS) is 21.7. The van der Waals surface area contributed by atoms with Gasteiger partial charge in [0.1, 0.15) is 0 Å². The molecule has 1 aromatic carbocycles. The van der Waals surface area contributed by atoms with E-state index in [4.69, 9.17) is 10.5 Å². The Kier molecular flexibility index (Phi) is 6.46. The van der Waals surface area contributed by atoms with Crippen molar-refractivity contribution in [1.82, 2.24) is 0 Å². The smallest absolute Gasteiger partial charge is 0.0991 e. The van der Waals surface area contributed by atoms with Gasteiger partial charge in [-0.15, -0.1) is 0 Å². The molecule has 0 atom stereocenters. The van der Waals surface area contributed by atoms with Gasteiger partial charge in [-0.25, -0.2) is 0 Å². The SMILES string of the molecule is N#C/C=C/C=C/CCC1CCC(c2ccc(C#N)cc2)CC1. The first kappa shape index (κ1) is 16.1. The highest BCUT2D eigenvalue weighted by Gasteiger charge is 2.21. The number of nitriles is 2. The Balaban J connectivity index is 1.73. The Morgan fingerprint density at radius 3 is 2.36 bits per heavy atom. The topological polar surface area (TPSA) is 47.6 Å². The number of hydrogen-bond acceptors (Lipinski definition) is 2. The van der Waals surface area contributed by atoms with Crippen LogP contribution < -0.4 is 0 Å². The highest BCUT2D eigenvalue weighted by molar-refractivity contribution is 5.33. The van der Waals surface area contributed by atoms with Crippen molar-refractivity contribution < 1.29 is 0 Å². The van der Waals surface area contributed by atoms with Crippen LogP contribution in [0.1, 0.15) is 55.6 Å². The monoisotopic (exact) mass is 290 g/mol. The van der Waals surface area contributed by atoms with Crippen LogP contribution in [0.5, 0.6) is 0 Å². The molecule has 1 aromatic rings. The molecule has 2 nitrogen and oxygen atoms in total. The minimum atomic E-state index is 0.665. The van der Waals surface area contributed by atoms with Gasteiger partial charge in [0, 0.05) is 6.08 Å². The maximum absolute atomic E-state index is 8.85. The van der Waals surface area contributed by atoms with Crippen LogP contribution in [0, 0.1) is 28.6 Å². The van der Waals surface area contributed by atoms with Crippen LogP contribution in [0.3, 0.4) is 0 Å². The molecule has 1 aliphatic carbocycles. The van der Waals surface area contributed by atoms with Gasteiger partial charge < -0.3 is 0 Å². The van der Waals surface area contributed by atoms with Crippen molar-refractivity contribution in [2.75, 3.05) is 0 Å². The first-order valence-corrected chi connectivity index (χ1v) is 8.05. The lowest BCUT2D eigenvalue weighted by molar-refractivity contribution is 0.312. The van der Waals surface area contributed by atoms with Gasteiger partial charge in [-0.1, -0.05) is 30.4 Å². The summed E-state index contributed by atoms with van der Waals surface area (Å²) in [6, 6.07) is 12.3. The predicted octanol–water partition coefficient (Wildman–Crippen LogP) is 5.25. The van der Waals surface area contributed by atoms with Crippen LogP contribution in [-0.4, -0.2) is 0 Å². The van der Waals surface area contributed by atoms with Crippen molar-refractivity contribution in [3.05, 3.63) is 59.7 Å². The molecule has 0 saturated heterocycles. The molecule has 0 aliphatic heterocycles. The molecule has 0 radical (unpaired) electrons. The van der Waals surface area contributed by atoms with Gasteiger partial charge in [0.15, 0.2) is 0 Å². The highest BCUT2D eigenvalue weighted by atomic mass is 14.3. The maximum atomic E-state index is 8.85. The Morgan fingerprint density at radius 1 is 1.00 bits per heavy atom. The van der Waals surface area contributed by atoms with Gasteiger partial charge in [0.05, 0.1) is 17.7 Å². The average molecular weight is 290 g/mol. The lowest BCUT2D eigenvalue weighted by atomic mass is 9.77. The van der Waals surface area contributed by atoms with E-state index in [0.29, 0.717) is 5.92 Å². The number of benzene rings is 1. The summed E-state index contributed by atoms with van der Waals surface area (Å²) in [7, 11) is 0. The standard InChI is InChI=1S/C20H22N2/c21-15-5-3-1-2-4-6-17-7-11-19(12-8-17)20-13-9-18(16-22)10-14-20/h1-3,5,9-10,13-14,17,19H,4,6-8,11-12H2/b2-1+,5-3+. The summed E-state index contributed by atoms with van der Waals surface area (Å²) in [6.07, 6.45) is 14.9. The fourth-order valence-electron chi connectivity index (χ4n) is 3.22. The molecule has 1 aliphatic rings. The van der Waals surface area contributed by atoms with Crippen LogP contribution in [0.15, 0.2) is 48.6 Å². The second-order valence-corrected chi connectivity index (χ2v) is 5.95. The number of rotatable bonds is 5. The van der Waals surface area contributed by atoms with Gasteiger partial charge in [-0.3, -0.25) is 0 Å². The average Bonchev–Trinajstić information content (AvgIpc) is 2.59. The van der Waals surface area contributed by atoms with Crippen molar-refractivity contribution in [1.29, 1.82) is 10.5 Å². The summed E-state index contributed by atoms with van der Waals surface area (Å²) in [5.41, 5.74) is 2.13. The molecular weight excluding hydrogens is 268 g/mol. The zero-order valence-corrected chi connectivity index (χ0v) is 12.9. The Morgan fingerprint density at radius 2 is 1.73 bits per heavy atom. The van der Waals surface area contributed by atoms with Gasteiger partial charge in [0.25, 0.3) is 0 Å². The number of nitrogens with zero attached hydrogens (tertiary/aromatic N) is 2. The fourth-order valence-corrected chi connectivity index (χ4v) is 3.22. The summed E-state index contributed by atoms with van der Waals surface area (Å²) in [5, 5.41) is 17.2. The third-order valence-corrected chi connectivity index (χ3v) is 4.52. The quantitative estimate of drug-likeness (QED) is 0.549. The first-order chi connectivity index (χ1) is 10.8. The first-order valence-electron chi connectivity index (χ1n) is 8.05. The summed E-state index contributed by atoms with van der Waals surface area (Å²) in [6.45, 7) is 0.